The van der Waals surface area contributed by atoms with Crippen LogP contribution in [-0.2, 0) is 16.0 Å². The van der Waals surface area contributed by atoms with Crippen molar-refractivity contribution in [3.63, 3.8) is 0 Å². The van der Waals surface area contributed by atoms with Crippen LogP contribution in [0.25, 0.3) is 5.69 Å². The van der Waals surface area contributed by atoms with Crippen molar-refractivity contribution in [2.24, 2.45) is 0 Å². The lowest BCUT2D eigenvalue weighted by atomic mass is 10.1. The Bertz CT molecular complexity index is 928. The van der Waals surface area contributed by atoms with Gasteiger partial charge in [0.25, 0.3) is 0 Å². The molecule has 6 nitrogen and oxygen atoms in total. The lowest BCUT2D eigenvalue weighted by molar-refractivity contribution is -0.142. The van der Waals surface area contributed by atoms with Gasteiger partial charge in [-0.2, -0.15) is 0 Å². The van der Waals surface area contributed by atoms with Crippen LogP contribution >= 0.6 is 11.8 Å². The summed E-state index contributed by atoms with van der Waals surface area (Å²) in [7, 11) is 1.63. The van der Waals surface area contributed by atoms with Crippen LogP contribution < -0.4 is 4.74 Å². The van der Waals surface area contributed by atoms with E-state index in [-0.39, 0.29) is 5.97 Å². The summed E-state index contributed by atoms with van der Waals surface area (Å²) in [5, 5.41) is 8.99. The van der Waals surface area contributed by atoms with Crippen LogP contribution in [0.3, 0.4) is 0 Å². The highest BCUT2D eigenvalue weighted by Gasteiger charge is 2.23. The molecule has 0 bridgehead atoms. The molecular weight excluding hydrogens is 374 g/mol. The summed E-state index contributed by atoms with van der Waals surface area (Å²) in [6.45, 7) is 3.95. The first kappa shape index (κ1) is 19.9. The van der Waals surface area contributed by atoms with E-state index < -0.39 is 5.25 Å². The fraction of sp³-hybridized carbons (Fsp3) is 0.286. The minimum absolute atomic E-state index is 0.272. The Kier molecular flexibility index (Phi) is 6.71. The molecule has 0 spiro atoms. The van der Waals surface area contributed by atoms with Crippen LogP contribution in [0.5, 0.6) is 5.75 Å². The maximum Gasteiger partial charge on any atom is 0.319 e. The first-order valence-corrected chi connectivity index (χ1v) is 9.97. The number of methoxy groups -OCH3 is 1. The van der Waals surface area contributed by atoms with Crippen molar-refractivity contribution in [3.8, 4) is 11.4 Å². The van der Waals surface area contributed by atoms with Crippen molar-refractivity contribution in [2.75, 3.05) is 13.7 Å². The highest BCUT2D eigenvalue weighted by molar-refractivity contribution is 8.00. The molecule has 0 amide bonds. The second kappa shape index (κ2) is 9.41. The molecule has 7 heteroatoms. The Hall–Kier alpha value is -2.80. The van der Waals surface area contributed by atoms with Crippen molar-refractivity contribution in [1.29, 1.82) is 0 Å². The Labute approximate surface area is 168 Å². The first-order valence-electron chi connectivity index (χ1n) is 9.09. The largest absolute Gasteiger partial charge is 0.495 e. The SMILES string of the molecule is CCOC(=O)[C@@H](C)Sc1nnc(Cc2ccccc2)n1-c1ccccc1OC. The van der Waals surface area contributed by atoms with E-state index in [4.69, 9.17) is 9.47 Å². The second-order valence-corrected chi connectivity index (χ2v) is 7.39. The number of rotatable bonds is 8. The van der Waals surface area contributed by atoms with Gasteiger partial charge in [-0.1, -0.05) is 54.2 Å². The van der Waals surface area contributed by atoms with Crippen molar-refractivity contribution >= 4 is 17.7 Å². The number of aromatic nitrogens is 3. The molecule has 0 fully saturated rings. The molecule has 0 radical (unpaired) electrons. The minimum atomic E-state index is -0.401. The molecule has 146 valence electrons. The summed E-state index contributed by atoms with van der Waals surface area (Å²) in [5.74, 6) is 1.21. The van der Waals surface area contributed by atoms with E-state index in [0.717, 1.165) is 17.1 Å². The number of thioether (sulfide) groups is 1. The Morgan fingerprint density at radius 3 is 2.54 bits per heavy atom. The van der Waals surface area contributed by atoms with E-state index >= 15 is 0 Å². The lowest BCUT2D eigenvalue weighted by Gasteiger charge is -2.15. The lowest BCUT2D eigenvalue weighted by Crippen LogP contribution is -2.17. The number of esters is 1. The third-order valence-electron chi connectivity index (χ3n) is 4.13. The molecule has 0 unspecified atom stereocenters. The first-order chi connectivity index (χ1) is 13.6. The molecule has 3 rings (SSSR count). The molecule has 2 aromatic carbocycles. The molecule has 0 N–H and O–H groups in total. The number of hydrogen-bond donors (Lipinski definition) is 0. The van der Waals surface area contributed by atoms with E-state index in [1.165, 1.54) is 11.8 Å². The smallest absolute Gasteiger partial charge is 0.319 e. The Morgan fingerprint density at radius 1 is 1.11 bits per heavy atom. The average molecular weight is 398 g/mol. The van der Waals surface area contributed by atoms with Crippen molar-refractivity contribution in [3.05, 3.63) is 66.0 Å². The molecule has 3 aromatic rings. The van der Waals surface area contributed by atoms with Crippen LogP contribution in [0.1, 0.15) is 25.2 Å². The van der Waals surface area contributed by atoms with Gasteiger partial charge in [0.15, 0.2) is 5.16 Å². The molecule has 1 heterocycles. The van der Waals surface area contributed by atoms with Gasteiger partial charge in [-0.25, -0.2) is 0 Å². The topological polar surface area (TPSA) is 66.2 Å². The quantitative estimate of drug-likeness (QED) is 0.424. The molecule has 0 saturated heterocycles. The fourth-order valence-electron chi connectivity index (χ4n) is 2.79. The zero-order valence-corrected chi connectivity index (χ0v) is 17.0. The van der Waals surface area contributed by atoms with Crippen LogP contribution in [0.4, 0.5) is 0 Å². The van der Waals surface area contributed by atoms with Gasteiger partial charge < -0.3 is 9.47 Å². The molecule has 0 aliphatic carbocycles. The van der Waals surface area contributed by atoms with E-state index in [2.05, 4.69) is 22.3 Å². The number of nitrogens with zero attached hydrogens (tertiary/aromatic N) is 3. The third kappa shape index (κ3) is 4.54. The van der Waals surface area contributed by atoms with Crippen molar-refractivity contribution < 1.29 is 14.3 Å². The molecule has 1 atom stereocenters. The van der Waals surface area contributed by atoms with Gasteiger partial charge in [-0.3, -0.25) is 9.36 Å². The van der Waals surface area contributed by atoms with E-state index in [9.17, 15) is 4.79 Å². The highest BCUT2D eigenvalue weighted by Crippen LogP contribution is 2.31. The van der Waals surface area contributed by atoms with Gasteiger partial charge in [0, 0.05) is 6.42 Å². The molecule has 0 saturated carbocycles. The van der Waals surface area contributed by atoms with Gasteiger partial charge in [-0.15, -0.1) is 10.2 Å². The number of hydrogen-bond acceptors (Lipinski definition) is 6. The number of benzene rings is 2. The zero-order valence-electron chi connectivity index (χ0n) is 16.2. The van der Waals surface area contributed by atoms with Gasteiger partial charge in [0.1, 0.15) is 16.8 Å². The maximum atomic E-state index is 12.1. The summed E-state index contributed by atoms with van der Waals surface area (Å²) in [6, 6.07) is 17.8. The molecule has 28 heavy (non-hydrogen) atoms. The van der Waals surface area contributed by atoms with Crippen LogP contribution in [0.2, 0.25) is 0 Å². The average Bonchev–Trinajstić information content (AvgIpc) is 3.10. The number of carbonyl (C=O) groups is 1. The molecule has 0 aliphatic rings. The van der Waals surface area contributed by atoms with Crippen LogP contribution in [0.15, 0.2) is 59.8 Å². The number of ether oxygens (including phenoxy) is 2. The minimum Gasteiger partial charge on any atom is -0.495 e. The van der Waals surface area contributed by atoms with E-state index in [0.29, 0.717) is 23.9 Å². The standard InChI is InChI=1S/C21H23N3O3S/c1-4-27-20(25)15(2)28-21-23-22-19(14-16-10-6-5-7-11-16)24(21)17-12-8-9-13-18(17)26-3/h5-13,15H,4,14H2,1-3H3/t15-/m1/s1. The normalized spacial score (nSPS) is 11.8. The van der Waals surface area contributed by atoms with Crippen molar-refractivity contribution in [2.45, 2.75) is 30.7 Å². The summed E-state index contributed by atoms with van der Waals surface area (Å²) >= 11 is 1.32. The molecule has 1 aromatic heterocycles. The monoisotopic (exact) mass is 397 g/mol. The van der Waals surface area contributed by atoms with Gasteiger partial charge in [-0.05, 0) is 31.5 Å². The van der Waals surface area contributed by atoms with E-state index in [1.807, 2.05) is 47.0 Å². The summed E-state index contributed by atoms with van der Waals surface area (Å²) in [4.78, 5) is 12.1. The second-order valence-electron chi connectivity index (χ2n) is 6.08. The maximum absolute atomic E-state index is 12.1. The third-order valence-corrected chi connectivity index (χ3v) is 5.15. The Morgan fingerprint density at radius 2 is 1.82 bits per heavy atom. The van der Waals surface area contributed by atoms with E-state index in [1.54, 1.807) is 21.0 Å². The van der Waals surface area contributed by atoms with Gasteiger partial charge in [0.2, 0.25) is 0 Å². The van der Waals surface area contributed by atoms with Gasteiger partial charge in [0.05, 0.1) is 19.4 Å². The summed E-state index contributed by atoms with van der Waals surface area (Å²) in [5.41, 5.74) is 1.96. The van der Waals surface area contributed by atoms with Crippen molar-refractivity contribution in [1.82, 2.24) is 14.8 Å². The summed E-state index contributed by atoms with van der Waals surface area (Å²) < 4.78 is 12.6. The zero-order chi connectivity index (χ0) is 19.9. The van der Waals surface area contributed by atoms with Gasteiger partial charge >= 0.3 is 5.97 Å². The summed E-state index contributed by atoms with van der Waals surface area (Å²) in [6.07, 6.45) is 0.611. The highest BCUT2D eigenvalue weighted by atomic mass is 32.2. The Balaban J connectivity index is 2.01. The predicted octanol–water partition coefficient (Wildman–Crippen LogP) is 3.91. The number of carbonyl (C=O) groups excluding carboxylic acids is 1. The van der Waals surface area contributed by atoms with Crippen LogP contribution in [-0.4, -0.2) is 39.7 Å². The molecule has 0 aliphatic heterocycles. The molecular formula is C21H23N3O3S. The number of para-hydroxylation sites is 2. The predicted molar refractivity (Wildman–Crippen MR) is 109 cm³/mol. The van der Waals surface area contributed by atoms with Crippen LogP contribution in [0, 0.1) is 0 Å². The fourth-order valence-corrected chi connectivity index (χ4v) is 3.67.